The molecule has 4 aromatic rings. The lowest BCUT2D eigenvalue weighted by molar-refractivity contribution is 0.547. The third-order valence-corrected chi connectivity index (χ3v) is 4.09. The molecule has 0 bridgehead atoms. The van der Waals surface area contributed by atoms with Crippen LogP contribution in [0.25, 0.3) is 17.1 Å². The van der Waals surface area contributed by atoms with Crippen LogP contribution in [0.4, 0.5) is 11.5 Å². The lowest BCUT2D eigenvalue weighted by Gasteiger charge is -2.08. The van der Waals surface area contributed by atoms with Gasteiger partial charge in [-0.2, -0.15) is 0 Å². The van der Waals surface area contributed by atoms with Crippen molar-refractivity contribution in [2.24, 2.45) is 0 Å². The standard InChI is InChI=1S/C19H16ClN3O/c1-12-3-7-15(8-4-12)21-19-18(16-9-5-13(2)24-16)22-17-10-6-14(20)11-23(17)19/h3-11,21H,1-2H3. The van der Waals surface area contributed by atoms with E-state index in [1.54, 1.807) is 0 Å². The molecule has 0 spiro atoms. The van der Waals surface area contributed by atoms with Crippen LogP contribution < -0.4 is 5.32 Å². The van der Waals surface area contributed by atoms with E-state index in [1.807, 2.05) is 53.9 Å². The number of nitrogens with zero attached hydrogens (tertiary/aromatic N) is 2. The van der Waals surface area contributed by atoms with Crippen LogP contribution in [0.15, 0.2) is 59.1 Å². The summed E-state index contributed by atoms with van der Waals surface area (Å²) in [5.41, 5.74) is 3.75. The first kappa shape index (κ1) is 14.8. The van der Waals surface area contributed by atoms with E-state index < -0.39 is 0 Å². The summed E-state index contributed by atoms with van der Waals surface area (Å²) in [5, 5.41) is 4.09. The summed E-state index contributed by atoms with van der Waals surface area (Å²) >= 11 is 6.17. The molecule has 24 heavy (non-hydrogen) atoms. The first-order valence-electron chi connectivity index (χ1n) is 7.68. The number of pyridine rings is 1. The first-order valence-corrected chi connectivity index (χ1v) is 8.06. The van der Waals surface area contributed by atoms with Gasteiger partial charge in [0.25, 0.3) is 0 Å². The number of hydrogen-bond donors (Lipinski definition) is 1. The van der Waals surface area contributed by atoms with Crippen molar-refractivity contribution in [3.05, 3.63) is 71.1 Å². The lowest BCUT2D eigenvalue weighted by atomic mass is 10.2. The normalized spacial score (nSPS) is 11.1. The van der Waals surface area contributed by atoms with E-state index in [1.165, 1.54) is 5.56 Å². The number of aromatic nitrogens is 2. The highest BCUT2D eigenvalue weighted by molar-refractivity contribution is 6.30. The average Bonchev–Trinajstić information content (AvgIpc) is 3.14. The quantitative estimate of drug-likeness (QED) is 0.528. The number of imidazole rings is 1. The summed E-state index contributed by atoms with van der Waals surface area (Å²) in [6, 6.07) is 15.8. The predicted octanol–water partition coefficient (Wildman–Crippen LogP) is 5.61. The zero-order valence-corrected chi connectivity index (χ0v) is 14.1. The Hall–Kier alpha value is -2.72. The Morgan fingerprint density at radius 1 is 1.00 bits per heavy atom. The highest BCUT2D eigenvalue weighted by Gasteiger charge is 2.17. The first-order chi connectivity index (χ1) is 11.6. The van der Waals surface area contributed by atoms with Gasteiger partial charge >= 0.3 is 0 Å². The molecule has 0 fully saturated rings. The minimum atomic E-state index is 0.647. The Labute approximate surface area is 144 Å². The summed E-state index contributed by atoms with van der Waals surface area (Å²) in [5.74, 6) is 2.40. The van der Waals surface area contributed by atoms with Gasteiger partial charge in [-0.1, -0.05) is 29.3 Å². The van der Waals surface area contributed by atoms with E-state index in [2.05, 4.69) is 24.4 Å². The lowest BCUT2D eigenvalue weighted by Crippen LogP contribution is -1.96. The fourth-order valence-electron chi connectivity index (χ4n) is 2.65. The van der Waals surface area contributed by atoms with Crippen LogP contribution in [-0.4, -0.2) is 9.38 Å². The summed E-state index contributed by atoms with van der Waals surface area (Å²) in [4.78, 5) is 4.70. The van der Waals surface area contributed by atoms with Gasteiger partial charge < -0.3 is 9.73 Å². The monoisotopic (exact) mass is 337 g/mol. The second kappa shape index (κ2) is 5.73. The highest BCUT2D eigenvalue weighted by Crippen LogP contribution is 2.33. The number of anilines is 2. The zero-order chi connectivity index (χ0) is 16.7. The second-order valence-corrected chi connectivity index (χ2v) is 6.22. The summed E-state index contributed by atoms with van der Waals surface area (Å²) in [7, 11) is 0. The molecule has 0 amide bonds. The smallest absolute Gasteiger partial charge is 0.156 e. The Morgan fingerprint density at radius 2 is 1.79 bits per heavy atom. The summed E-state index contributed by atoms with van der Waals surface area (Å²) in [6.45, 7) is 3.98. The Kier molecular flexibility index (Phi) is 3.54. The summed E-state index contributed by atoms with van der Waals surface area (Å²) in [6.07, 6.45) is 1.85. The molecule has 120 valence electrons. The van der Waals surface area contributed by atoms with Crippen LogP contribution in [0.1, 0.15) is 11.3 Å². The van der Waals surface area contributed by atoms with Gasteiger partial charge in [0.05, 0.1) is 5.02 Å². The van der Waals surface area contributed by atoms with Crippen molar-refractivity contribution < 1.29 is 4.42 Å². The molecule has 0 unspecified atom stereocenters. The molecule has 1 N–H and O–H groups in total. The van der Waals surface area contributed by atoms with Crippen molar-refractivity contribution in [3.8, 4) is 11.5 Å². The maximum atomic E-state index is 6.17. The van der Waals surface area contributed by atoms with Crippen LogP contribution in [0, 0.1) is 13.8 Å². The maximum Gasteiger partial charge on any atom is 0.156 e. The number of aryl methyl sites for hydroxylation is 2. The number of hydrogen-bond acceptors (Lipinski definition) is 3. The van der Waals surface area contributed by atoms with Gasteiger partial charge in [0.15, 0.2) is 5.76 Å². The predicted molar refractivity (Wildman–Crippen MR) is 97.1 cm³/mol. The zero-order valence-electron chi connectivity index (χ0n) is 13.4. The van der Waals surface area contributed by atoms with E-state index in [4.69, 9.17) is 21.0 Å². The highest BCUT2D eigenvalue weighted by atomic mass is 35.5. The average molecular weight is 338 g/mol. The van der Waals surface area contributed by atoms with Crippen LogP contribution in [0.2, 0.25) is 5.02 Å². The van der Waals surface area contributed by atoms with Crippen LogP contribution >= 0.6 is 11.6 Å². The molecule has 0 radical (unpaired) electrons. The topological polar surface area (TPSA) is 42.5 Å². The SMILES string of the molecule is Cc1ccc(Nc2c(-c3ccc(C)o3)nc3ccc(Cl)cn23)cc1. The van der Waals surface area contributed by atoms with Crippen LogP contribution in [0.5, 0.6) is 0 Å². The van der Waals surface area contributed by atoms with Crippen molar-refractivity contribution in [1.29, 1.82) is 0 Å². The summed E-state index contributed by atoms with van der Waals surface area (Å²) < 4.78 is 7.72. The number of rotatable bonds is 3. The van der Waals surface area contributed by atoms with Gasteiger partial charge in [-0.05, 0) is 50.2 Å². The molecule has 0 aliphatic rings. The van der Waals surface area contributed by atoms with Gasteiger partial charge in [0, 0.05) is 11.9 Å². The molecule has 0 aliphatic heterocycles. The molecular formula is C19H16ClN3O. The van der Waals surface area contributed by atoms with Crippen LogP contribution in [-0.2, 0) is 0 Å². The Morgan fingerprint density at radius 3 is 2.50 bits per heavy atom. The van der Waals surface area contributed by atoms with E-state index in [-0.39, 0.29) is 0 Å². The number of halogens is 1. The largest absolute Gasteiger partial charge is 0.460 e. The van der Waals surface area contributed by atoms with E-state index in [9.17, 15) is 0 Å². The van der Waals surface area contributed by atoms with E-state index in [0.29, 0.717) is 5.02 Å². The molecule has 3 heterocycles. The third-order valence-electron chi connectivity index (χ3n) is 3.87. The molecule has 0 aliphatic carbocycles. The van der Waals surface area contributed by atoms with Crippen molar-refractivity contribution >= 4 is 28.8 Å². The van der Waals surface area contributed by atoms with Gasteiger partial charge in [-0.15, -0.1) is 0 Å². The van der Waals surface area contributed by atoms with Crippen molar-refractivity contribution in [2.75, 3.05) is 5.32 Å². The molecular weight excluding hydrogens is 322 g/mol. The fourth-order valence-corrected chi connectivity index (χ4v) is 2.81. The number of fused-ring (bicyclic) bond motifs is 1. The molecule has 4 rings (SSSR count). The van der Waals surface area contributed by atoms with Crippen molar-refractivity contribution in [2.45, 2.75) is 13.8 Å². The second-order valence-electron chi connectivity index (χ2n) is 5.79. The number of benzene rings is 1. The van der Waals surface area contributed by atoms with Crippen LogP contribution in [0.3, 0.4) is 0 Å². The minimum absolute atomic E-state index is 0.647. The fraction of sp³-hybridized carbons (Fsp3) is 0.105. The number of nitrogens with one attached hydrogen (secondary N) is 1. The van der Waals surface area contributed by atoms with Gasteiger partial charge in [0.1, 0.15) is 22.9 Å². The third kappa shape index (κ3) is 2.65. The van der Waals surface area contributed by atoms with Gasteiger partial charge in [-0.3, -0.25) is 4.40 Å². The molecule has 0 saturated heterocycles. The Balaban J connectivity index is 1.89. The molecule has 1 aromatic carbocycles. The maximum absolute atomic E-state index is 6.17. The number of furan rings is 1. The molecule has 5 heteroatoms. The van der Waals surface area contributed by atoms with Gasteiger partial charge in [-0.25, -0.2) is 4.98 Å². The van der Waals surface area contributed by atoms with E-state index >= 15 is 0 Å². The Bertz CT molecular complexity index is 1010. The van der Waals surface area contributed by atoms with Crippen molar-refractivity contribution in [3.63, 3.8) is 0 Å². The van der Waals surface area contributed by atoms with E-state index in [0.717, 1.165) is 34.4 Å². The molecule has 0 saturated carbocycles. The van der Waals surface area contributed by atoms with Crippen molar-refractivity contribution in [1.82, 2.24) is 9.38 Å². The molecule has 3 aromatic heterocycles. The molecule has 0 atom stereocenters. The minimum Gasteiger partial charge on any atom is -0.460 e. The molecule has 4 nitrogen and oxygen atoms in total. The van der Waals surface area contributed by atoms with Gasteiger partial charge in [0.2, 0.25) is 0 Å².